The Kier molecular flexibility index (Phi) is 4.28. The molecule has 2 heteroatoms. The molecular weight excluding hydrogens is 272 g/mol. The molecule has 0 unspecified atom stereocenters. The maximum Gasteiger partial charge on any atom is 0.102 e. The lowest BCUT2D eigenvalue weighted by Gasteiger charge is -2.47. The molecule has 0 amide bonds. The van der Waals surface area contributed by atoms with E-state index in [9.17, 15) is 10.2 Å². The van der Waals surface area contributed by atoms with Crippen LogP contribution in [0.3, 0.4) is 0 Å². The van der Waals surface area contributed by atoms with Crippen LogP contribution < -0.4 is 0 Å². The molecule has 0 aromatic carbocycles. The van der Waals surface area contributed by atoms with E-state index in [-0.39, 0.29) is 5.41 Å². The van der Waals surface area contributed by atoms with Gasteiger partial charge in [-0.1, -0.05) is 38.0 Å². The Hall–Kier alpha value is -0.600. The van der Waals surface area contributed by atoms with Crippen molar-refractivity contribution in [3.8, 4) is 0 Å². The van der Waals surface area contributed by atoms with Gasteiger partial charge in [0, 0.05) is 5.41 Å². The Labute approximate surface area is 135 Å². The number of aliphatic hydroxyl groups excluding tert-OH is 2. The van der Waals surface area contributed by atoms with Crippen molar-refractivity contribution in [2.45, 2.75) is 77.9 Å². The minimum atomic E-state index is -0.666. The van der Waals surface area contributed by atoms with Crippen LogP contribution in [0.4, 0.5) is 0 Å². The summed E-state index contributed by atoms with van der Waals surface area (Å²) in [5.41, 5.74) is 3.69. The first-order valence-corrected chi connectivity index (χ1v) is 9.09. The molecule has 0 aliphatic heterocycles. The third-order valence-corrected chi connectivity index (χ3v) is 7.04. The molecule has 0 heterocycles. The fraction of sp³-hybridized carbons (Fsp3) is 0.800. The van der Waals surface area contributed by atoms with E-state index in [2.05, 4.69) is 27.4 Å². The molecule has 6 atom stereocenters. The molecule has 3 aliphatic carbocycles. The van der Waals surface area contributed by atoms with Crippen LogP contribution in [0.5, 0.6) is 0 Å². The van der Waals surface area contributed by atoms with Crippen LogP contribution in [-0.2, 0) is 0 Å². The topological polar surface area (TPSA) is 40.5 Å². The summed E-state index contributed by atoms with van der Waals surface area (Å²) in [5, 5.41) is 21.6. The van der Waals surface area contributed by atoms with E-state index >= 15 is 0 Å². The molecule has 0 radical (unpaired) electrons. The van der Waals surface area contributed by atoms with Crippen LogP contribution in [0, 0.1) is 23.2 Å². The first kappa shape index (κ1) is 16.3. The molecule has 1 fully saturated rings. The van der Waals surface area contributed by atoms with E-state index in [4.69, 9.17) is 0 Å². The van der Waals surface area contributed by atoms with E-state index in [0.717, 1.165) is 37.7 Å². The Morgan fingerprint density at radius 1 is 1.14 bits per heavy atom. The molecule has 1 saturated carbocycles. The maximum absolute atomic E-state index is 10.8. The van der Waals surface area contributed by atoms with Gasteiger partial charge in [0.25, 0.3) is 0 Å². The SMILES string of the molecule is C=C1CCC[C@@H](C)CCC2=C(C)[C@@H]3[C@H]1CC[C@]3(C)[C@H](O)[C@H]2O. The Morgan fingerprint density at radius 3 is 2.59 bits per heavy atom. The molecule has 2 nitrogen and oxygen atoms in total. The van der Waals surface area contributed by atoms with Crippen molar-refractivity contribution in [2.24, 2.45) is 23.2 Å². The molecule has 0 spiro atoms. The van der Waals surface area contributed by atoms with Crippen LogP contribution in [0.2, 0.25) is 0 Å². The second-order valence-corrected chi connectivity index (χ2v) is 8.42. The summed E-state index contributed by atoms with van der Waals surface area (Å²) in [4.78, 5) is 0. The summed E-state index contributed by atoms with van der Waals surface area (Å²) >= 11 is 0. The van der Waals surface area contributed by atoms with E-state index in [0.29, 0.717) is 17.8 Å². The summed E-state index contributed by atoms with van der Waals surface area (Å²) in [6.45, 7) is 11.1. The molecule has 124 valence electrons. The van der Waals surface area contributed by atoms with Crippen molar-refractivity contribution in [1.29, 1.82) is 0 Å². The first-order valence-electron chi connectivity index (χ1n) is 9.09. The van der Waals surface area contributed by atoms with Crippen molar-refractivity contribution in [3.63, 3.8) is 0 Å². The fourth-order valence-corrected chi connectivity index (χ4v) is 5.55. The molecule has 22 heavy (non-hydrogen) atoms. The van der Waals surface area contributed by atoms with Gasteiger partial charge in [0.15, 0.2) is 0 Å². The smallest absolute Gasteiger partial charge is 0.102 e. The summed E-state index contributed by atoms with van der Waals surface area (Å²) in [5.74, 6) is 1.56. The average molecular weight is 304 g/mol. The monoisotopic (exact) mass is 304 g/mol. The average Bonchev–Trinajstić information content (AvgIpc) is 2.83. The van der Waals surface area contributed by atoms with Gasteiger partial charge in [0.1, 0.15) is 6.10 Å². The second kappa shape index (κ2) is 5.79. The van der Waals surface area contributed by atoms with Crippen molar-refractivity contribution >= 4 is 0 Å². The predicted octanol–water partition coefficient (Wildman–Crippen LogP) is 4.23. The van der Waals surface area contributed by atoms with E-state index < -0.39 is 12.2 Å². The highest BCUT2D eigenvalue weighted by Gasteiger charge is 2.56. The third-order valence-electron chi connectivity index (χ3n) is 7.04. The van der Waals surface area contributed by atoms with Gasteiger partial charge in [-0.25, -0.2) is 0 Å². The van der Waals surface area contributed by atoms with E-state index in [1.807, 2.05) is 0 Å². The maximum atomic E-state index is 10.8. The predicted molar refractivity (Wildman–Crippen MR) is 90.4 cm³/mol. The van der Waals surface area contributed by atoms with Crippen molar-refractivity contribution in [3.05, 3.63) is 23.3 Å². The summed E-state index contributed by atoms with van der Waals surface area (Å²) < 4.78 is 0. The fourth-order valence-electron chi connectivity index (χ4n) is 5.55. The van der Waals surface area contributed by atoms with Gasteiger partial charge in [-0.2, -0.15) is 0 Å². The highest BCUT2D eigenvalue weighted by Crippen LogP contribution is 2.59. The Bertz CT molecular complexity index is 492. The third kappa shape index (κ3) is 2.39. The molecule has 3 rings (SSSR count). The van der Waals surface area contributed by atoms with Crippen molar-refractivity contribution in [2.75, 3.05) is 0 Å². The van der Waals surface area contributed by atoms with E-state index in [1.165, 1.54) is 24.0 Å². The van der Waals surface area contributed by atoms with Crippen molar-refractivity contribution in [1.82, 2.24) is 0 Å². The summed E-state index contributed by atoms with van der Waals surface area (Å²) in [6, 6.07) is 0. The van der Waals surface area contributed by atoms with Gasteiger partial charge in [-0.15, -0.1) is 0 Å². The second-order valence-electron chi connectivity index (χ2n) is 8.42. The van der Waals surface area contributed by atoms with Crippen molar-refractivity contribution < 1.29 is 10.2 Å². The first-order chi connectivity index (χ1) is 10.4. The van der Waals surface area contributed by atoms with Gasteiger partial charge in [0.05, 0.1) is 6.10 Å². The van der Waals surface area contributed by atoms with Gasteiger partial charge < -0.3 is 10.2 Å². The van der Waals surface area contributed by atoms with Gasteiger partial charge >= 0.3 is 0 Å². The summed E-state index contributed by atoms with van der Waals surface area (Å²) in [7, 11) is 0. The zero-order valence-corrected chi connectivity index (χ0v) is 14.4. The quantitative estimate of drug-likeness (QED) is 0.658. The standard InChI is InChI=1S/C20H32O2/c1-12-6-5-7-13(2)15-10-11-20(4)17(15)14(3)16(9-8-12)18(21)19(20)22/h12,15,17-19,21-22H,2,5-11H2,1,3-4H3/t12-,15+,17-,18+,19-,20+/m1/s1. The van der Waals surface area contributed by atoms with Gasteiger partial charge in [-0.05, 0) is 68.8 Å². The zero-order chi connectivity index (χ0) is 16.1. The van der Waals surface area contributed by atoms with Crippen LogP contribution in [0.15, 0.2) is 23.3 Å². The minimum Gasteiger partial charge on any atom is -0.389 e. The lowest BCUT2D eigenvalue weighted by Crippen LogP contribution is -2.50. The molecule has 0 aromatic heterocycles. The zero-order valence-electron chi connectivity index (χ0n) is 14.4. The van der Waals surface area contributed by atoms with Crippen LogP contribution in [0.1, 0.15) is 65.7 Å². The molecular formula is C20H32O2. The van der Waals surface area contributed by atoms with E-state index in [1.54, 1.807) is 0 Å². The Morgan fingerprint density at radius 2 is 1.86 bits per heavy atom. The minimum absolute atomic E-state index is 0.180. The number of rotatable bonds is 0. The van der Waals surface area contributed by atoms with Crippen LogP contribution >= 0.6 is 0 Å². The molecule has 0 aromatic rings. The molecule has 2 bridgehead atoms. The molecule has 2 N–H and O–H groups in total. The highest BCUT2D eigenvalue weighted by molar-refractivity contribution is 5.33. The highest BCUT2D eigenvalue weighted by atomic mass is 16.3. The lowest BCUT2D eigenvalue weighted by molar-refractivity contribution is -0.0700. The van der Waals surface area contributed by atoms with Gasteiger partial charge in [-0.3, -0.25) is 0 Å². The number of allylic oxidation sites excluding steroid dienone is 2. The number of hydrogen-bond acceptors (Lipinski definition) is 2. The number of aliphatic hydroxyl groups is 2. The Balaban J connectivity index is 2.05. The van der Waals surface area contributed by atoms with Crippen LogP contribution in [0.25, 0.3) is 0 Å². The van der Waals surface area contributed by atoms with Crippen LogP contribution in [-0.4, -0.2) is 22.4 Å². The normalized spacial score (nSPS) is 46.6. The largest absolute Gasteiger partial charge is 0.389 e. The lowest BCUT2D eigenvalue weighted by atomic mass is 9.61. The molecule has 3 aliphatic rings. The molecule has 0 saturated heterocycles. The van der Waals surface area contributed by atoms with Gasteiger partial charge in [0.2, 0.25) is 0 Å². The number of hydrogen-bond donors (Lipinski definition) is 2. The summed E-state index contributed by atoms with van der Waals surface area (Å²) in [6.07, 6.45) is 6.51.